The Kier molecular flexibility index (Phi) is 8.29. The third-order valence-electron chi connectivity index (χ3n) is 1.85. The van der Waals surface area contributed by atoms with Gasteiger partial charge in [-0.2, -0.15) is 0 Å². The lowest BCUT2D eigenvalue weighted by Crippen LogP contribution is -2.16. The van der Waals surface area contributed by atoms with Crippen molar-refractivity contribution in [2.75, 3.05) is 13.2 Å². The van der Waals surface area contributed by atoms with Crippen molar-refractivity contribution < 1.29 is 23.6 Å². The molecule has 0 aromatic carbocycles. The molecule has 0 bridgehead atoms. The summed E-state index contributed by atoms with van der Waals surface area (Å²) in [6.07, 6.45) is 2.30. The minimum absolute atomic E-state index is 0.203. The van der Waals surface area contributed by atoms with Crippen LogP contribution in [0.5, 0.6) is 0 Å². The Morgan fingerprint density at radius 2 is 2.00 bits per heavy atom. The Hall–Kier alpha value is 0.0700. The van der Waals surface area contributed by atoms with Gasteiger partial charge in [0, 0.05) is 0 Å². The van der Waals surface area contributed by atoms with E-state index in [0.29, 0.717) is 12.8 Å². The molecule has 0 saturated heterocycles. The summed E-state index contributed by atoms with van der Waals surface area (Å²) in [5.74, 6) is 0. The fourth-order valence-electron chi connectivity index (χ4n) is 1.04. The van der Waals surface area contributed by atoms with Crippen LogP contribution in [0.25, 0.3) is 0 Å². The number of aliphatic hydroxyl groups is 1. The van der Waals surface area contributed by atoms with Crippen molar-refractivity contribution in [1.29, 1.82) is 0 Å². The first-order valence-electron chi connectivity index (χ1n) is 5.32. The number of hydrogen-bond acceptors (Lipinski definition) is 4. The van der Waals surface area contributed by atoms with Gasteiger partial charge >= 0.3 is 7.82 Å². The van der Waals surface area contributed by atoms with Gasteiger partial charge in [0.1, 0.15) is 0 Å². The van der Waals surface area contributed by atoms with Gasteiger partial charge in [-0.3, -0.25) is 9.05 Å². The van der Waals surface area contributed by atoms with Crippen molar-refractivity contribution in [2.45, 2.75) is 45.6 Å². The molecule has 0 rings (SSSR count). The number of rotatable bonds is 9. The third kappa shape index (κ3) is 7.94. The van der Waals surface area contributed by atoms with Crippen LogP contribution in [-0.4, -0.2) is 29.3 Å². The summed E-state index contributed by atoms with van der Waals surface area (Å²) < 4.78 is 20.9. The molecule has 15 heavy (non-hydrogen) atoms. The van der Waals surface area contributed by atoms with E-state index in [1.54, 1.807) is 0 Å². The average Bonchev–Trinajstić information content (AvgIpc) is 2.17. The molecule has 0 aromatic rings. The van der Waals surface area contributed by atoms with Crippen molar-refractivity contribution in [2.24, 2.45) is 0 Å². The molecule has 0 amide bonds. The molecular formula is C9H21O5P. The summed E-state index contributed by atoms with van der Waals surface area (Å²) in [5.41, 5.74) is 0. The average molecular weight is 240 g/mol. The van der Waals surface area contributed by atoms with E-state index in [4.69, 9.17) is 14.2 Å². The first-order chi connectivity index (χ1) is 7.05. The topological polar surface area (TPSA) is 76.0 Å². The quantitative estimate of drug-likeness (QED) is 0.476. The van der Waals surface area contributed by atoms with Gasteiger partial charge in [-0.25, -0.2) is 4.57 Å². The van der Waals surface area contributed by atoms with E-state index in [9.17, 15) is 9.46 Å². The molecule has 2 unspecified atom stereocenters. The fourth-order valence-corrected chi connectivity index (χ4v) is 2.01. The van der Waals surface area contributed by atoms with Gasteiger partial charge in [-0.05, 0) is 12.8 Å². The van der Waals surface area contributed by atoms with Crippen molar-refractivity contribution in [3.05, 3.63) is 0 Å². The van der Waals surface area contributed by atoms with Gasteiger partial charge < -0.3 is 10.00 Å². The number of hydrogen-bond donors (Lipinski definition) is 2. The van der Waals surface area contributed by atoms with E-state index in [1.807, 2.05) is 13.8 Å². The Labute approximate surface area is 91.0 Å². The zero-order chi connectivity index (χ0) is 11.7. The zero-order valence-corrected chi connectivity index (χ0v) is 10.3. The van der Waals surface area contributed by atoms with Gasteiger partial charge in [0.15, 0.2) is 0 Å². The molecule has 0 aromatic heterocycles. The number of unbranched alkanes of at least 4 members (excludes halogenated alkanes) is 1. The molecule has 0 saturated carbocycles. The summed E-state index contributed by atoms with van der Waals surface area (Å²) >= 11 is 0. The highest BCUT2D eigenvalue weighted by molar-refractivity contribution is 7.47. The number of phosphoric ester groups is 1. The minimum atomic E-state index is -3.98. The predicted molar refractivity (Wildman–Crippen MR) is 57.6 cm³/mol. The molecule has 0 fully saturated rings. The molecule has 2 atom stereocenters. The van der Waals surface area contributed by atoms with Crippen molar-refractivity contribution >= 4 is 7.82 Å². The van der Waals surface area contributed by atoms with Gasteiger partial charge in [0.05, 0.1) is 19.3 Å². The third-order valence-corrected chi connectivity index (χ3v) is 2.92. The molecule has 6 heteroatoms. The molecule has 0 spiro atoms. The molecule has 0 aliphatic heterocycles. The van der Waals surface area contributed by atoms with E-state index >= 15 is 0 Å². The second-order valence-corrected chi connectivity index (χ2v) is 4.76. The van der Waals surface area contributed by atoms with E-state index in [-0.39, 0.29) is 13.2 Å². The maximum atomic E-state index is 11.3. The maximum Gasteiger partial charge on any atom is 0.472 e. The monoisotopic (exact) mass is 240 g/mol. The van der Waals surface area contributed by atoms with Crippen LogP contribution in [0.3, 0.4) is 0 Å². The van der Waals surface area contributed by atoms with Crippen LogP contribution in [0.15, 0.2) is 0 Å². The lowest BCUT2D eigenvalue weighted by Gasteiger charge is -2.18. The van der Waals surface area contributed by atoms with Crippen LogP contribution in [0.2, 0.25) is 0 Å². The van der Waals surface area contributed by atoms with E-state index in [1.165, 1.54) is 0 Å². The smallest absolute Gasteiger partial charge is 0.394 e. The molecule has 0 aliphatic rings. The van der Waals surface area contributed by atoms with Gasteiger partial charge in [-0.1, -0.05) is 26.7 Å². The first kappa shape index (κ1) is 15.1. The summed E-state index contributed by atoms with van der Waals surface area (Å²) in [6, 6.07) is 0. The maximum absolute atomic E-state index is 11.3. The summed E-state index contributed by atoms with van der Waals surface area (Å²) in [4.78, 5) is 9.27. The summed E-state index contributed by atoms with van der Waals surface area (Å²) in [6.45, 7) is 3.80. The Bertz CT molecular complexity index is 197. The van der Waals surface area contributed by atoms with Gasteiger partial charge in [0.2, 0.25) is 0 Å². The molecule has 0 aliphatic carbocycles. The SMILES string of the molecule is CCCCOP(=O)(O)OC(CO)CCC. The molecule has 2 N–H and O–H groups in total. The van der Waals surface area contributed by atoms with Gasteiger partial charge in [-0.15, -0.1) is 0 Å². The zero-order valence-electron chi connectivity index (χ0n) is 9.39. The highest BCUT2D eigenvalue weighted by Crippen LogP contribution is 2.45. The molecule has 5 nitrogen and oxygen atoms in total. The lowest BCUT2D eigenvalue weighted by molar-refractivity contribution is 0.0593. The van der Waals surface area contributed by atoms with E-state index in [0.717, 1.165) is 12.8 Å². The van der Waals surface area contributed by atoms with E-state index in [2.05, 4.69) is 0 Å². The second-order valence-electron chi connectivity index (χ2n) is 3.35. The lowest BCUT2D eigenvalue weighted by atomic mass is 10.2. The molecular weight excluding hydrogens is 219 g/mol. The molecule has 92 valence electrons. The highest BCUT2D eigenvalue weighted by Gasteiger charge is 2.25. The van der Waals surface area contributed by atoms with Crippen molar-refractivity contribution in [1.82, 2.24) is 0 Å². The molecule has 0 heterocycles. The van der Waals surface area contributed by atoms with Crippen LogP contribution < -0.4 is 0 Å². The number of aliphatic hydroxyl groups excluding tert-OH is 1. The van der Waals surface area contributed by atoms with Crippen LogP contribution >= 0.6 is 7.82 Å². The Morgan fingerprint density at radius 1 is 1.33 bits per heavy atom. The predicted octanol–water partition coefficient (Wildman–Crippen LogP) is 2.08. The van der Waals surface area contributed by atoms with Crippen molar-refractivity contribution in [3.8, 4) is 0 Å². The van der Waals surface area contributed by atoms with Crippen molar-refractivity contribution in [3.63, 3.8) is 0 Å². The largest absolute Gasteiger partial charge is 0.472 e. The first-order valence-corrected chi connectivity index (χ1v) is 6.81. The number of phosphoric acid groups is 1. The Morgan fingerprint density at radius 3 is 2.47 bits per heavy atom. The molecule has 0 radical (unpaired) electrons. The van der Waals surface area contributed by atoms with Crippen LogP contribution in [0.1, 0.15) is 39.5 Å². The normalized spacial score (nSPS) is 17.3. The van der Waals surface area contributed by atoms with Crippen LogP contribution in [-0.2, 0) is 13.6 Å². The minimum Gasteiger partial charge on any atom is -0.394 e. The standard InChI is InChI=1S/C9H21O5P/c1-3-5-7-13-15(11,12)14-9(8-10)6-4-2/h9-10H,3-8H2,1-2H3,(H,11,12). The fraction of sp³-hybridized carbons (Fsp3) is 1.00. The van der Waals surface area contributed by atoms with Crippen LogP contribution in [0.4, 0.5) is 0 Å². The highest BCUT2D eigenvalue weighted by atomic mass is 31.2. The van der Waals surface area contributed by atoms with E-state index < -0.39 is 13.9 Å². The summed E-state index contributed by atoms with van der Waals surface area (Å²) in [5, 5.41) is 8.88. The summed E-state index contributed by atoms with van der Waals surface area (Å²) in [7, 11) is -3.98. The Balaban J connectivity index is 3.92. The van der Waals surface area contributed by atoms with Gasteiger partial charge in [0.25, 0.3) is 0 Å². The second kappa shape index (κ2) is 8.25. The van der Waals surface area contributed by atoms with Crippen LogP contribution in [0, 0.1) is 0 Å².